The van der Waals surface area contributed by atoms with Crippen LogP contribution in [0.1, 0.15) is 37.3 Å². The van der Waals surface area contributed by atoms with Crippen molar-refractivity contribution >= 4 is 21.6 Å². The molecule has 1 fully saturated rings. The zero-order valence-corrected chi connectivity index (χ0v) is 18.7. The number of sulfonamides is 1. The van der Waals surface area contributed by atoms with E-state index in [4.69, 9.17) is 4.74 Å². The summed E-state index contributed by atoms with van der Waals surface area (Å²) in [7, 11) is -3.54. The lowest BCUT2D eigenvalue weighted by molar-refractivity contribution is -0.120. The van der Waals surface area contributed by atoms with Gasteiger partial charge in [0.2, 0.25) is 15.9 Å². The number of hydrogen-bond donors (Lipinski definition) is 1. The molecule has 0 unspecified atom stereocenters. The van der Waals surface area contributed by atoms with Gasteiger partial charge in [-0.2, -0.15) is 4.31 Å². The monoisotopic (exact) mass is 430 g/mol. The van der Waals surface area contributed by atoms with E-state index in [1.54, 1.807) is 12.1 Å². The van der Waals surface area contributed by atoms with Crippen molar-refractivity contribution in [2.45, 2.75) is 44.9 Å². The zero-order valence-electron chi connectivity index (χ0n) is 17.8. The third-order valence-electron chi connectivity index (χ3n) is 5.55. The molecule has 6 nitrogen and oxygen atoms in total. The average Bonchev–Trinajstić information content (AvgIpc) is 2.75. The van der Waals surface area contributed by atoms with E-state index >= 15 is 0 Å². The average molecular weight is 431 g/mol. The topological polar surface area (TPSA) is 75.7 Å². The van der Waals surface area contributed by atoms with Crippen molar-refractivity contribution < 1.29 is 17.9 Å². The molecule has 0 saturated carbocycles. The van der Waals surface area contributed by atoms with E-state index < -0.39 is 10.0 Å². The highest BCUT2D eigenvalue weighted by Gasteiger charge is 2.32. The van der Waals surface area contributed by atoms with Crippen molar-refractivity contribution in [1.82, 2.24) is 4.31 Å². The Balaban J connectivity index is 1.63. The fraction of sp³-hybridized carbons (Fsp3) is 0.435. The van der Waals surface area contributed by atoms with Crippen LogP contribution in [0.2, 0.25) is 0 Å². The van der Waals surface area contributed by atoms with Gasteiger partial charge in [0.05, 0.1) is 17.2 Å². The van der Waals surface area contributed by atoms with Crippen LogP contribution in [-0.4, -0.2) is 38.3 Å². The van der Waals surface area contributed by atoms with Crippen molar-refractivity contribution in [3.05, 3.63) is 53.6 Å². The summed E-state index contributed by atoms with van der Waals surface area (Å²) in [6.07, 6.45) is 1.87. The lowest BCUT2D eigenvalue weighted by Gasteiger charge is -2.30. The molecule has 2 aromatic carbocycles. The molecule has 162 valence electrons. The first kappa shape index (κ1) is 22.3. The molecule has 30 heavy (non-hydrogen) atoms. The van der Waals surface area contributed by atoms with E-state index in [-0.39, 0.29) is 11.8 Å². The molecule has 1 aliphatic heterocycles. The number of nitrogens with zero attached hydrogens (tertiary/aromatic N) is 1. The predicted molar refractivity (Wildman–Crippen MR) is 118 cm³/mol. The van der Waals surface area contributed by atoms with Crippen LogP contribution in [0.4, 0.5) is 5.69 Å². The highest BCUT2D eigenvalue weighted by Crippen LogP contribution is 2.28. The lowest BCUT2D eigenvalue weighted by Crippen LogP contribution is -2.41. The molecule has 0 aromatic heterocycles. The van der Waals surface area contributed by atoms with Crippen LogP contribution >= 0.6 is 0 Å². The highest BCUT2D eigenvalue weighted by atomic mass is 32.2. The normalized spacial score (nSPS) is 15.7. The molecular formula is C23H30N2O4S. The molecule has 0 radical (unpaired) electrons. The molecular weight excluding hydrogens is 400 g/mol. The maximum atomic E-state index is 13.0. The van der Waals surface area contributed by atoms with Crippen molar-refractivity contribution in [2.24, 2.45) is 5.92 Å². The molecule has 0 spiro atoms. The third-order valence-corrected chi connectivity index (χ3v) is 7.44. The number of carbonyl (C=O) groups is 1. The maximum Gasteiger partial charge on any atom is 0.243 e. The van der Waals surface area contributed by atoms with Gasteiger partial charge in [0.25, 0.3) is 0 Å². The number of nitrogens with one attached hydrogen (secondary N) is 1. The minimum Gasteiger partial charge on any atom is -0.491 e. The fourth-order valence-corrected chi connectivity index (χ4v) is 5.08. The SMILES string of the molecule is CCCOc1ccccc1NC(=O)C1CCN(S(=O)(=O)c2ccc(C)c(C)c2)CC1. The van der Waals surface area contributed by atoms with E-state index in [0.29, 0.717) is 48.9 Å². The van der Waals surface area contributed by atoms with Crippen molar-refractivity contribution in [3.8, 4) is 5.75 Å². The Labute approximate surface area is 179 Å². The molecule has 1 heterocycles. The van der Waals surface area contributed by atoms with Gasteiger partial charge in [-0.1, -0.05) is 25.1 Å². The lowest BCUT2D eigenvalue weighted by atomic mass is 9.97. The summed E-state index contributed by atoms with van der Waals surface area (Å²) in [5, 5.41) is 2.96. The predicted octanol–water partition coefficient (Wildman–Crippen LogP) is 4.13. The van der Waals surface area contributed by atoms with E-state index in [2.05, 4.69) is 5.32 Å². The smallest absolute Gasteiger partial charge is 0.243 e. The summed E-state index contributed by atoms with van der Waals surface area (Å²) in [6, 6.07) is 12.6. The number of carbonyl (C=O) groups excluding carboxylic acids is 1. The Kier molecular flexibility index (Phi) is 7.15. The third kappa shape index (κ3) is 5.02. The minimum atomic E-state index is -3.54. The zero-order chi connectivity index (χ0) is 21.7. The van der Waals surface area contributed by atoms with Crippen molar-refractivity contribution in [2.75, 3.05) is 25.0 Å². The van der Waals surface area contributed by atoms with E-state index in [0.717, 1.165) is 17.5 Å². The summed E-state index contributed by atoms with van der Waals surface area (Å²) in [4.78, 5) is 13.1. The van der Waals surface area contributed by atoms with Gasteiger partial charge in [-0.15, -0.1) is 0 Å². The second-order valence-electron chi connectivity index (χ2n) is 7.76. The summed E-state index contributed by atoms with van der Waals surface area (Å²) < 4.78 is 33.1. The quantitative estimate of drug-likeness (QED) is 0.717. The van der Waals surface area contributed by atoms with Crippen LogP contribution in [0.5, 0.6) is 5.75 Å². The molecule has 1 aliphatic rings. The molecule has 2 aromatic rings. The van der Waals surface area contributed by atoms with Crippen LogP contribution in [-0.2, 0) is 14.8 Å². The maximum absolute atomic E-state index is 13.0. The first-order valence-electron chi connectivity index (χ1n) is 10.4. The first-order chi connectivity index (χ1) is 14.3. The summed E-state index contributed by atoms with van der Waals surface area (Å²) in [5.74, 6) is 0.337. The number of para-hydroxylation sites is 2. The Morgan fingerprint density at radius 3 is 2.47 bits per heavy atom. The summed E-state index contributed by atoms with van der Waals surface area (Å²) >= 11 is 0. The number of anilines is 1. The van der Waals surface area contributed by atoms with Gasteiger partial charge in [0.15, 0.2) is 0 Å². The van der Waals surface area contributed by atoms with Crippen LogP contribution < -0.4 is 10.1 Å². The van der Waals surface area contributed by atoms with Gasteiger partial charge in [-0.05, 0) is 68.5 Å². The molecule has 1 saturated heterocycles. The van der Waals surface area contributed by atoms with Gasteiger partial charge < -0.3 is 10.1 Å². The molecule has 1 N–H and O–H groups in total. The number of piperidine rings is 1. The van der Waals surface area contributed by atoms with Gasteiger partial charge in [-0.25, -0.2) is 8.42 Å². The molecule has 3 rings (SSSR count). The fourth-order valence-electron chi connectivity index (χ4n) is 3.52. The number of hydrogen-bond acceptors (Lipinski definition) is 4. The molecule has 0 aliphatic carbocycles. The van der Waals surface area contributed by atoms with E-state index in [9.17, 15) is 13.2 Å². The van der Waals surface area contributed by atoms with Crippen LogP contribution in [0.25, 0.3) is 0 Å². The molecule has 0 bridgehead atoms. The number of benzene rings is 2. The standard InChI is InChI=1S/C23H30N2O4S/c1-4-15-29-22-8-6-5-7-21(22)24-23(26)19-11-13-25(14-12-19)30(27,28)20-10-9-17(2)18(3)16-20/h5-10,16,19H,4,11-15H2,1-3H3,(H,24,26). The molecule has 1 amide bonds. The van der Waals surface area contributed by atoms with E-state index in [1.165, 1.54) is 4.31 Å². The largest absolute Gasteiger partial charge is 0.491 e. The van der Waals surface area contributed by atoms with Gasteiger partial charge in [0.1, 0.15) is 5.75 Å². The number of rotatable bonds is 7. The van der Waals surface area contributed by atoms with Crippen LogP contribution in [0.15, 0.2) is 47.4 Å². The summed E-state index contributed by atoms with van der Waals surface area (Å²) in [6.45, 7) is 7.15. The molecule has 0 atom stereocenters. The molecule has 7 heteroatoms. The van der Waals surface area contributed by atoms with Crippen molar-refractivity contribution in [3.63, 3.8) is 0 Å². The first-order valence-corrected chi connectivity index (χ1v) is 11.9. The van der Waals surface area contributed by atoms with Gasteiger partial charge in [-0.3, -0.25) is 4.79 Å². The van der Waals surface area contributed by atoms with Crippen LogP contribution in [0.3, 0.4) is 0 Å². The van der Waals surface area contributed by atoms with E-state index in [1.807, 2.05) is 51.1 Å². The second kappa shape index (κ2) is 9.62. The number of aryl methyl sites for hydroxylation is 2. The summed E-state index contributed by atoms with van der Waals surface area (Å²) in [5.41, 5.74) is 2.67. The Morgan fingerprint density at radius 1 is 1.10 bits per heavy atom. The van der Waals surface area contributed by atoms with Gasteiger partial charge >= 0.3 is 0 Å². The Hall–Kier alpha value is -2.38. The van der Waals surface area contributed by atoms with Crippen LogP contribution in [0, 0.1) is 19.8 Å². The minimum absolute atomic E-state index is 0.0919. The highest BCUT2D eigenvalue weighted by molar-refractivity contribution is 7.89. The Morgan fingerprint density at radius 2 is 1.80 bits per heavy atom. The number of amides is 1. The second-order valence-corrected chi connectivity index (χ2v) is 9.70. The Bertz CT molecular complexity index is 996. The number of ether oxygens (including phenoxy) is 1. The van der Waals surface area contributed by atoms with Gasteiger partial charge in [0, 0.05) is 19.0 Å². The van der Waals surface area contributed by atoms with Crippen molar-refractivity contribution in [1.29, 1.82) is 0 Å².